The molecule has 0 aliphatic carbocycles. The van der Waals surface area contributed by atoms with Gasteiger partial charge in [-0.1, -0.05) is 6.07 Å². The predicted molar refractivity (Wildman–Crippen MR) is 65.3 cm³/mol. The van der Waals surface area contributed by atoms with Crippen molar-refractivity contribution in [3.63, 3.8) is 0 Å². The third kappa shape index (κ3) is 2.93. The number of anilines is 1. The molecule has 1 amide bonds. The molecule has 0 atom stereocenters. The van der Waals surface area contributed by atoms with Gasteiger partial charge in [0.2, 0.25) is 0 Å². The molecule has 92 valence electrons. The number of carbonyl (C=O) groups is 1. The number of para-hydroxylation sites is 1. The van der Waals surface area contributed by atoms with E-state index in [0.717, 1.165) is 0 Å². The van der Waals surface area contributed by atoms with Crippen molar-refractivity contribution in [1.82, 2.24) is 5.32 Å². The van der Waals surface area contributed by atoms with Crippen molar-refractivity contribution in [2.45, 2.75) is 13.8 Å². The highest BCUT2D eigenvalue weighted by Gasteiger charge is 2.23. The molecule has 0 spiro atoms. The fraction of sp³-hybridized carbons (Fsp3) is 0.364. The van der Waals surface area contributed by atoms with E-state index >= 15 is 0 Å². The first kappa shape index (κ1) is 13.0. The molecular formula is C11H15N3O3. The fourth-order valence-corrected chi connectivity index (χ4v) is 1.51. The molecule has 0 aliphatic rings. The number of hydrogen-bond donors (Lipinski definition) is 2. The van der Waals surface area contributed by atoms with Crippen LogP contribution in [0.4, 0.5) is 11.4 Å². The van der Waals surface area contributed by atoms with Crippen LogP contribution in [0.3, 0.4) is 0 Å². The third-order valence-electron chi connectivity index (χ3n) is 2.17. The standard InChI is InChI=1S/C11H15N3O3/c1-3-12-9-7-5-6-8(10(9)14(16)17)11(15)13-4-2/h5-7,12H,3-4H2,1-2H3,(H,13,15). The first-order chi connectivity index (χ1) is 8.11. The molecule has 0 aliphatic heterocycles. The zero-order chi connectivity index (χ0) is 12.8. The SMILES string of the molecule is CCNC(=O)c1cccc(NCC)c1[N+](=O)[O-]. The molecule has 6 nitrogen and oxygen atoms in total. The van der Waals surface area contributed by atoms with Gasteiger partial charge in [0.25, 0.3) is 5.91 Å². The molecule has 2 N–H and O–H groups in total. The van der Waals surface area contributed by atoms with Crippen LogP contribution in [0.1, 0.15) is 24.2 Å². The molecule has 6 heteroatoms. The molecule has 1 rings (SSSR count). The van der Waals surface area contributed by atoms with Crippen molar-refractivity contribution in [3.05, 3.63) is 33.9 Å². The van der Waals surface area contributed by atoms with E-state index in [0.29, 0.717) is 18.8 Å². The van der Waals surface area contributed by atoms with E-state index in [2.05, 4.69) is 10.6 Å². The van der Waals surface area contributed by atoms with Crippen LogP contribution in [-0.4, -0.2) is 23.9 Å². The van der Waals surface area contributed by atoms with Gasteiger partial charge in [-0.05, 0) is 26.0 Å². The molecule has 1 aromatic carbocycles. The maximum Gasteiger partial charge on any atom is 0.305 e. The maximum absolute atomic E-state index is 11.7. The van der Waals surface area contributed by atoms with Crippen molar-refractivity contribution >= 4 is 17.3 Å². The minimum absolute atomic E-state index is 0.0790. The Balaban J connectivity index is 3.24. The predicted octanol–water partition coefficient (Wildman–Crippen LogP) is 1.78. The summed E-state index contributed by atoms with van der Waals surface area (Å²) in [5.74, 6) is -0.432. The Kier molecular flexibility index (Phi) is 4.45. The number of nitrogens with zero attached hydrogens (tertiary/aromatic N) is 1. The van der Waals surface area contributed by atoms with Crippen LogP contribution in [0, 0.1) is 10.1 Å². The van der Waals surface area contributed by atoms with Crippen LogP contribution in [-0.2, 0) is 0 Å². The molecule has 1 aromatic rings. The highest BCUT2D eigenvalue weighted by atomic mass is 16.6. The van der Waals surface area contributed by atoms with Gasteiger partial charge >= 0.3 is 5.69 Å². The quantitative estimate of drug-likeness (QED) is 0.603. The van der Waals surface area contributed by atoms with Crippen LogP contribution in [0.25, 0.3) is 0 Å². The summed E-state index contributed by atoms with van der Waals surface area (Å²) >= 11 is 0. The Labute approximate surface area is 99.2 Å². The Hall–Kier alpha value is -2.11. The summed E-state index contributed by atoms with van der Waals surface area (Å²) in [7, 11) is 0. The fourth-order valence-electron chi connectivity index (χ4n) is 1.51. The van der Waals surface area contributed by atoms with Crippen LogP contribution >= 0.6 is 0 Å². The smallest absolute Gasteiger partial charge is 0.305 e. The number of nitrogens with one attached hydrogen (secondary N) is 2. The number of nitro groups is 1. The lowest BCUT2D eigenvalue weighted by Crippen LogP contribution is -2.24. The van der Waals surface area contributed by atoms with Crippen molar-refractivity contribution in [2.75, 3.05) is 18.4 Å². The minimum Gasteiger partial charge on any atom is -0.380 e. The minimum atomic E-state index is -0.539. The summed E-state index contributed by atoms with van der Waals surface area (Å²) in [4.78, 5) is 22.2. The number of hydrogen-bond acceptors (Lipinski definition) is 4. The van der Waals surface area contributed by atoms with Gasteiger partial charge in [-0.3, -0.25) is 14.9 Å². The van der Waals surface area contributed by atoms with Crippen molar-refractivity contribution < 1.29 is 9.72 Å². The van der Waals surface area contributed by atoms with E-state index in [1.807, 2.05) is 6.92 Å². The number of benzene rings is 1. The van der Waals surface area contributed by atoms with Crippen LogP contribution in [0.2, 0.25) is 0 Å². The van der Waals surface area contributed by atoms with Gasteiger partial charge in [-0.15, -0.1) is 0 Å². The molecule has 0 saturated heterocycles. The second kappa shape index (κ2) is 5.83. The Morgan fingerprint density at radius 1 is 1.35 bits per heavy atom. The summed E-state index contributed by atoms with van der Waals surface area (Å²) in [5.41, 5.74) is 0.261. The molecule has 0 fully saturated rings. The highest BCUT2D eigenvalue weighted by Crippen LogP contribution is 2.28. The molecule has 0 radical (unpaired) electrons. The molecule has 0 heterocycles. The number of amides is 1. The average Bonchev–Trinajstić information content (AvgIpc) is 2.29. The zero-order valence-corrected chi connectivity index (χ0v) is 9.82. The summed E-state index contributed by atoms with van der Waals surface area (Å²) in [6, 6.07) is 4.66. The lowest BCUT2D eigenvalue weighted by Gasteiger charge is -2.08. The van der Waals surface area contributed by atoms with E-state index < -0.39 is 10.8 Å². The Bertz CT molecular complexity index is 432. The largest absolute Gasteiger partial charge is 0.380 e. The lowest BCUT2D eigenvalue weighted by molar-refractivity contribution is -0.384. The van der Waals surface area contributed by atoms with Crippen molar-refractivity contribution in [1.29, 1.82) is 0 Å². The zero-order valence-electron chi connectivity index (χ0n) is 9.82. The number of carbonyl (C=O) groups excluding carboxylic acids is 1. The maximum atomic E-state index is 11.7. The molecule has 0 saturated carbocycles. The van der Waals surface area contributed by atoms with E-state index in [-0.39, 0.29) is 11.3 Å². The van der Waals surface area contributed by atoms with Gasteiger partial charge in [0.1, 0.15) is 11.3 Å². The average molecular weight is 237 g/mol. The van der Waals surface area contributed by atoms with Crippen LogP contribution in [0.15, 0.2) is 18.2 Å². The lowest BCUT2D eigenvalue weighted by atomic mass is 10.1. The van der Waals surface area contributed by atoms with Gasteiger partial charge < -0.3 is 10.6 Å². The van der Waals surface area contributed by atoms with E-state index in [1.165, 1.54) is 6.07 Å². The normalized spacial score (nSPS) is 9.76. The summed E-state index contributed by atoms with van der Waals surface area (Å²) in [6.45, 7) is 4.58. The first-order valence-electron chi connectivity index (χ1n) is 5.41. The van der Waals surface area contributed by atoms with Gasteiger partial charge in [-0.25, -0.2) is 0 Å². The van der Waals surface area contributed by atoms with E-state index in [1.54, 1.807) is 19.1 Å². The third-order valence-corrected chi connectivity index (χ3v) is 2.17. The number of rotatable bonds is 5. The molecule has 0 aromatic heterocycles. The van der Waals surface area contributed by atoms with Gasteiger partial charge in [0, 0.05) is 13.1 Å². The van der Waals surface area contributed by atoms with Crippen LogP contribution in [0.5, 0.6) is 0 Å². The highest BCUT2D eigenvalue weighted by molar-refractivity contribution is 6.00. The second-order valence-electron chi connectivity index (χ2n) is 3.35. The summed E-state index contributed by atoms with van der Waals surface area (Å²) in [6.07, 6.45) is 0. The molecule has 0 bridgehead atoms. The monoisotopic (exact) mass is 237 g/mol. The first-order valence-corrected chi connectivity index (χ1v) is 5.41. The molecule has 0 unspecified atom stereocenters. The second-order valence-corrected chi connectivity index (χ2v) is 3.35. The molecular weight excluding hydrogens is 222 g/mol. The Morgan fingerprint density at radius 2 is 2.06 bits per heavy atom. The Morgan fingerprint density at radius 3 is 2.59 bits per heavy atom. The van der Waals surface area contributed by atoms with E-state index in [9.17, 15) is 14.9 Å². The van der Waals surface area contributed by atoms with E-state index in [4.69, 9.17) is 0 Å². The van der Waals surface area contributed by atoms with Gasteiger partial charge in [0.05, 0.1) is 4.92 Å². The molecule has 17 heavy (non-hydrogen) atoms. The summed E-state index contributed by atoms with van der Waals surface area (Å²) < 4.78 is 0. The van der Waals surface area contributed by atoms with Crippen molar-refractivity contribution in [3.8, 4) is 0 Å². The van der Waals surface area contributed by atoms with Crippen LogP contribution < -0.4 is 10.6 Å². The van der Waals surface area contributed by atoms with Gasteiger partial charge in [0.15, 0.2) is 0 Å². The summed E-state index contributed by atoms with van der Waals surface area (Å²) in [5, 5.41) is 16.4. The topological polar surface area (TPSA) is 84.3 Å². The van der Waals surface area contributed by atoms with Gasteiger partial charge in [-0.2, -0.15) is 0 Å². The van der Waals surface area contributed by atoms with Crippen molar-refractivity contribution in [2.24, 2.45) is 0 Å². The number of nitro benzene ring substituents is 1.